The van der Waals surface area contributed by atoms with E-state index in [1.807, 2.05) is 27.9 Å². The van der Waals surface area contributed by atoms with Gasteiger partial charge >= 0.3 is 0 Å². The molecule has 1 N–H and O–H groups in total. The third-order valence-corrected chi connectivity index (χ3v) is 7.64. The molecule has 1 atom stereocenters. The van der Waals surface area contributed by atoms with Gasteiger partial charge in [-0.3, -0.25) is 9.48 Å². The molecule has 1 saturated heterocycles. The molecule has 8 heteroatoms. The lowest BCUT2D eigenvalue weighted by Gasteiger charge is -2.36. The number of carbonyl (C=O) groups is 1. The van der Waals surface area contributed by atoms with E-state index < -0.39 is 11.6 Å². The minimum absolute atomic E-state index is 0.0675. The van der Waals surface area contributed by atoms with Crippen molar-refractivity contribution in [3.63, 3.8) is 0 Å². The average molecular weight is 493 g/mol. The van der Waals surface area contributed by atoms with Gasteiger partial charge in [0.25, 0.3) is 0 Å². The number of ether oxygens (including phenoxy) is 1. The highest BCUT2D eigenvalue weighted by Crippen LogP contribution is 2.46. The Balaban J connectivity index is 1.45. The molecule has 2 fully saturated rings. The van der Waals surface area contributed by atoms with E-state index in [0.717, 1.165) is 73.6 Å². The summed E-state index contributed by atoms with van der Waals surface area (Å²) in [5.41, 5.74) is 3.25. The highest BCUT2D eigenvalue weighted by molar-refractivity contribution is 5.99. The molecular formula is C28H30F2N4O2. The van der Waals surface area contributed by atoms with Gasteiger partial charge in [0.1, 0.15) is 5.75 Å². The Bertz CT molecular complexity index is 1300. The molecule has 3 aromatic rings. The minimum atomic E-state index is -1.03. The summed E-state index contributed by atoms with van der Waals surface area (Å²) in [7, 11) is 0. The number of fused-ring (bicyclic) bond motifs is 1. The van der Waals surface area contributed by atoms with Crippen molar-refractivity contribution in [1.29, 1.82) is 0 Å². The fourth-order valence-corrected chi connectivity index (χ4v) is 5.43. The smallest absolute Gasteiger partial charge is 0.230 e. The van der Waals surface area contributed by atoms with E-state index in [1.165, 1.54) is 12.1 Å². The second-order valence-corrected chi connectivity index (χ2v) is 10.2. The summed E-state index contributed by atoms with van der Waals surface area (Å²) in [6.45, 7) is 3.97. The Labute approximate surface area is 209 Å². The molecular weight excluding hydrogens is 462 g/mol. The summed E-state index contributed by atoms with van der Waals surface area (Å²) >= 11 is 0. The number of hydrogen-bond acceptors (Lipinski definition) is 4. The van der Waals surface area contributed by atoms with Gasteiger partial charge in [-0.2, -0.15) is 9.49 Å². The standard InChI is InChI=1S/C28H30F2N4O2/c1-17-5-8-22-24(34(17)28(35)18-6-7-18)10-9-21(27(22)36-25-4-2-3-23(29)26(25)30)19-15-32-33(16-19)20-11-13-31-14-12-20/h2-4,9-10,15-18,20,31H,5-8,11-14H2,1H3/t17-/m0/s1. The Morgan fingerprint density at radius 1 is 1.08 bits per heavy atom. The van der Waals surface area contributed by atoms with Crippen molar-refractivity contribution < 1.29 is 18.3 Å². The van der Waals surface area contributed by atoms with Crippen LogP contribution < -0.4 is 15.0 Å². The summed E-state index contributed by atoms with van der Waals surface area (Å²) in [4.78, 5) is 15.1. The molecule has 6 rings (SSSR count). The van der Waals surface area contributed by atoms with Crippen LogP contribution in [0.4, 0.5) is 14.5 Å². The highest BCUT2D eigenvalue weighted by Gasteiger charge is 2.39. The molecule has 1 aromatic heterocycles. The van der Waals surface area contributed by atoms with E-state index in [-0.39, 0.29) is 23.6 Å². The van der Waals surface area contributed by atoms with Crippen molar-refractivity contribution in [1.82, 2.24) is 15.1 Å². The zero-order valence-electron chi connectivity index (χ0n) is 20.3. The van der Waals surface area contributed by atoms with E-state index in [9.17, 15) is 13.6 Å². The Morgan fingerprint density at radius 2 is 1.89 bits per heavy atom. The van der Waals surface area contributed by atoms with Crippen LogP contribution in [0.5, 0.6) is 11.5 Å². The number of nitrogens with zero attached hydrogens (tertiary/aromatic N) is 3. The van der Waals surface area contributed by atoms with Gasteiger partial charge < -0.3 is 15.0 Å². The Kier molecular flexibility index (Phi) is 5.99. The molecule has 2 aliphatic heterocycles. The van der Waals surface area contributed by atoms with Crippen molar-refractivity contribution in [3.05, 3.63) is 59.9 Å². The molecule has 1 amide bonds. The van der Waals surface area contributed by atoms with Gasteiger partial charge in [0, 0.05) is 34.8 Å². The molecule has 2 aromatic carbocycles. The molecule has 0 bridgehead atoms. The zero-order chi connectivity index (χ0) is 24.8. The topological polar surface area (TPSA) is 59.4 Å². The molecule has 188 valence electrons. The molecule has 0 spiro atoms. The van der Waals surface area contributed by atoms with Gasteiger partial charge in [-0.25, -0.2) is 4.39 Å². The van der Waals surface area contributed by atoms with Crippen molar-refractivity contribution in [2.24, 2.45) is 5.92 Å². The average Bonchev–Trinajstić information content (AvgIpc) is 3.63. The fraction of sp³-hybridized carbons (Fsp3) is 0.429. The van der Waals surface area contributed by atoms with Gasteiger partial charge in [0.05, 0.1) is 17.9 Å². The quantitative estimate of drug-likeness (QED) is 0.502. The number of carbonyl (C=O) groups excluding carboxylic acids is 1. The van der Waals surface area contributed by atoms with Crippen molar-refractivity contribution >= 4 is 11.6 Å². The molecule has 6 nitrogen and oxygen atoms in total. The minimum Gasteiger partial charge on any atom is -0.453 e. The monoisotopic (exact) mass is 492 g/mol. The number of anilines is 1. The summed E-state index contributed by atoms with van der Waals surface area (Å²) < 4.78 is 36.9. The van der Waals surface area contributed by atoms with E-state index in [4.69, 9.17) is 4.74 Å². The predicted molar refractivity (Wildman–Crippen MR) is 133 cm³/mol. The normalized spacial score (nSPS) is 20.3. The van der Waals surface area contributed by atoms with Crippen LogP contribution >= 0.6 is 0 Å². The molecule has 3 heterocycles. The number of nitrogens with one attached hydrogen (secondary N) is 1. The van der Waals surface area contributed by atoms with Crippen LogP contribution in [0.3, 0.4) is 0 Å². The van der Waals surface area contributed by atoms with Crippen LogP contribution in [-0.4, -0.2) is 34.8 Å². The predicted octanol–water partition coefficient (Wildman–Crippen LogP) is 5.62. The second kappa shape index (κ2) is 9.32. The van der Waals surface area contributed by atoms with Crippen LogP contribution in [0, 0.1) is 17.6 Å². The van der Waals surface area contributed by atoms with E-state index in [0.29, 0.717) is 18.2 Å². The van der Waals surface area contributed by atoms with E-state index in [2.05, 4.69) is 17.3 Å². The van der Waals surface area contributed by atoms with Crippen LogP contribution in [0.15, 0.2) is 42.7 Å². The van der Waals surface area contributed by atoms with E-state index >= 15 is 0 Å². The molecule has 1 aliphatic carbocycles. The first kappa shape index (κ1) is 23.2. The van der Waals surface area contributed by atoms with Gasteiger partial charge in [-0.05, 0) is 82.8 Å². The largest absolute Gasteiger partial charge is 0.453 e. The lowest BCUT2D eigenvalue weighted by molar-refractivity contribution is -0.120. The summed E-state index contributed by atoms with van der Waals surface area (Å²) in [5, 5.41) is 8.00. The SMILES string of the molecule is C[C@H]1CCc2c(ccc(-c3cnn(C4CCNCC4)c3)c2Oc2cccc(F)c2F)N1C(=O)C1CC1. The maximum absolute atomic E-state index is 14.7. The zero-order valence-corrected chi connectivity index (χ0v) is 20.3. The number of hydrogen-bond donors (Lipinski definition) is 1. The second-order valence-electron chi connectivity index (χ2n) is 10.2. The van der Waals surface area contributed by atoms with Crippen LogP contribution in [0.1, 0.15) is 50.6 Å². The molecule has 0 unspecified atom stereocenters. The van der Waals surface area contributed by atoms with Gasteiger partial charge in [0.15, 0.2) is 11.6 Å². The van der Waals surface area contributed by atoms with Crippen molar-refractivity contribution in [2.75, 3.05) is 18.0 Å². The van der Waals surface area contributed by atoms with Crippen molar-refractivity contribution in [2.45, 2.75) is 57.5 Å². The van der Waals surface area contributed by atoms with Gasteiger partial charge in [-0.15, -0.1) is 0 Å². The van der Waals surface area contributed by atoms with Crippen LogP contribution in [0.25, 0.3) is 11.1 Å². The third kappa shape index (κ3) is 4.17. The van der Waals surface area contributed by atoms with Crippen LogP contribution in [-0.2, 0) is 11.2 Å². The first-order chi connectivity index (χ1) is 17.5. The summed E-state index contributed by atoms with van der Waals surface area (Å²) in [6, 6.07) is 8.21. The molecule has 36 heavy (non-hydrogen) atoms. The Hall–Kier alpha value is -3.26. The number of benzene rings is 2. The lowest BCUT2D eigenvalue weighted by Crippen LogP contribution is -2.43. The number of rotatable bonds is 5. The van der Waals surface area contributed by atoms with Crippen molar-refractivity contribution in [3.8, 4) is 22.6 Å². The summed E-state index contributed by atoms with van der Waals surface area (Å²) in [6.07, 6.45) is 9.09. The first-order valence-electron chi connectivity index (χ1n) is 12.9. The fourth-order valence-electron chi connectivity index (χ4n) is 5.43. The lowest BCUT2D eigenvalue weighted by atomic mass is 9.92. The molecule has 0 radical (unpaired) electrons. The van der Waals surface area contributed by atoms with E-state index in [1.54, 1.807) is 6.20 Å². The number of aromatic nitrogens is 2. The summed E-state index contributed by atoms with van der Waals surface area (Å²) in [5.74, 6) is -1.49. The maximum atomic E-state index is 14.7. The number of amides is 1. The van der Waals surface area contributed by atoms with Gasteiger partial charge in [-0.1, -0.05) is 6.07 Å². The van der Waals surface area contributed by atoms with Gasteiger partial charge in [0.2, 0.25) is 11.7 Å². The maximum Gasteiger partial charge on any atom is 0.230 e. The number of piperidine rings is 1. The number of halogens is 2. The van der Waals surface area contributed by atoms with Crippen LogP contribution in [0.2, 0.25) is 0 Å². The third-order valence-electron chi connectivity index (χ3n) is 7.64. The first-order valence-corrected chi connectivity index (χ1v) is 12.9. The molecule has 3 aliphatic rings. The Morgan fingerprint density at radius 3 is 2.67 bits per heavy atom. The highest BCUT2D eigenvalue weighted by atomic mass is 19.2. The molecule has 1 saturated carbocycles.